The molecule has 0 spiro atoms. The van der Waals surface area contributed by atoms with Gasteiger partial charge in [-0.25, -0.2) is 0 Å². The molecule has 2 atom stereocenters. The summed E-state index contributed by atoms with van der Waals surface area (Å²) in [5.74, 6) is 0.256. The SMILES string of the molecule is C=CN/C(=C(/C)[C@@](C)(O)C(CC)CC)C(C)N1CCOCC1. The Morgan fingerprint density at radius 1 is 1.36 bits per heavy atom. The first-order valence-electron chi connectivity index (χ1n) is 8.52. The summed E-state index contributed by atoms with van der Waals surface area (Å²) in [7, 11) is 0. The molecular formula is C18H34N2O2. The Balaban J connectivity index is 3.10. The van der Waals surface area contributed by atoms with Gasteiger partial charge in [-0.05, 0) is 38.5 Å². The van der Waals surface area contributed by atoms with Crippen molar-refractivity contribution in [2.75, 3.05) is 26.3 Å². The van der Waals surface area contributed by atoms with E-state index in [-0.39, 0.29) is 12.0 Å². The van der Waals surface area contributed by atoms with Crippen molar-refractivity contribution >= 4 is 0 Å². The standard InChI is InChI=1S/C18H34N2O2/c1-7-16(8-2)18(6,21)14(4)17(19-9-3)15(5)20-10-12-22-13-11-20/h9,15-16,19,21H,3,7-8,10-13H2,1-2,4-6H3/b17-14-/t15?,18-/m1/s1. The lowest BCUT2D eigenvalue weighted by Crippen LogP contribution is -2.47. The molecule has 128 valence electrons. The van der Waals surface area contributed by atoms with Crippen LogP contribution in [0.1, 0.15) is 47.5 Å². The summed E-state index contributed by atoms with van der Waals surface area (Å²) in [6.07, 6.45) is 3.64. The van der Waals surface area contributed by atoms with E-state index < -0.39 is 5.60 Å². The van der Waals surface area contributed by atoms with Crippen molar-refractivity contribution in [1.29, 1.82) is 0 Å². The highest BCUT2D eigenvalue weighted by Crippen LogP contribution is 2.33. The zero-order chi connectivity index (χ0) is 16.8. The second-order valence-electron chi connectivity index (χ2n) is 6.37. The lowest BCUT2D eigenvalue weighted by Gasteiger charge is -2.39. The fourth-order valence-corrected chi connectivity index (χ4v) is 3.46. The minimum Gasteiger partial charge on any atom is -0.385 e. The maximum absolute atomic E-state index is 11.1. The minimum absolute atomic E-state index is 0.211. The monoisotopic (exact) mass is 310 g/mol. The van der Waals surface area contributed by atoms with Gasteiger partial charge in [-0.3, -0.25) is 4.90 Å². The maximum atomic E-state index is 11.1. The molecule has 2 N–H and O–H groups in total. The van der Waals surface area contributed by atoms with E-state index in [1.165, 1.54) is 0 Å². The van der Waals surface area contributed by atoms with Crippen LogP contribution in [-0.2, 0) is 4.74 Å². The summed E-state index contributed by atoms with van der Waals surface area (Å²) < 4.78 is 5.44. The highest BCUT2D eigenvalue weighted by molar-refractivity contribution is 5.26. The molecule has 22 heavy (non-hydrogen) atoms. The molecule has 1 aliphatic heterocycles. The second-order valence-corrected chi connectivity index (χ2v) is 6.37. The lowest BCUT2D eigenvalue weighted by molar-refractivity contribution is 0.0181. The van der Waals surface area contributed by atoms with Crippen molar-refractivity contribution in [2.45, 2.75) is 59.1 Å². The summed E-state index contributed by atoms with van der Waals surface area (Å²) in [5, 5.41) is 14.4. The topological polar surface area (TPSA) is 44.7 Å². The van der Waals surface area contributed by atoms with Gasteiger partial charge in [0.05, 0.1) is 18.8 Å². The van der Waals surface area contributed by atoms with Crippen molar-refractivity contribution in [1.82, 2.24) is 10.2 Å². The van der Waals surface area contributed by atoms with Gasteiger partial charge in [0.15, 0.2) is 0 Å². The molecule has 1 unspecified atom stereocenters. The lowest BCUT2D eigenvalue weighted by atomic mass is 9.78. The number of nitrogens with zero attached hydrogens (tertiary/aromatic N) is 1. The molecule has 0 amide bonds. The first-order chi connectivity index (χ1) is 10.4. The molecule has 1 rings (SSSR count). The minimum atomic E-state index is -0.810. The normalized spacial score (nSPS) is 22.0. The van der Waals surface area contributed by atoms with Gasteiger partial charge in [-0.2, -0.15) is 0 Å². The third-order valence-corrected chi connectivity index (χ3v) is 5.21. The van der Waals surface area contributed by atoms with Gasteiger partial charge in [0, 0.05) is 24.8 Å². The Bertz CT molecular complexity index is 381. The molecule has 1 fully saturated rings. The molecule has 1 saturated heterocycles. The zero-order valence-electron chi connectivity index (χ0n) is 15.0. The van der Waals surface area contributed by atoms with E-state index in [0.717, 1.165) is 50.4 Å². The van der Waals surface area contributed by atoms with Gasteiger partial charge in [-0.1, -0.05) is 33.3 Å². The number of rotatable bonds is 8. The van der Waals surface area contributed by atoms with Crippen LogP contribution in [0.5, 0.6) is 0 Å². The van der Waals surface area contributed by atoms with Crippen molar-refractivity contribution in [2.24, 2.45) is 5.92 Å². The molecular weight excluding hydrogens is 276 g/mol. The smallest absolute Gasteiger partial charge is 0.0874 e. The van der Waals surface area contributed by atoms with Crippen molar-refractivity contribution in [3.8, 4) is 0 Å². The molecule has 1 heterocycles. The molecule has 4 nitrogen and oxygen atoms in total. The average molecular weight is 310 g/mol. The Kier molecular flexibility index (Phi) is 7.60. The quantitative estimate of drug-likeness (QED) is 0.723. The van der Waals surface area contributed by atoms with E-state index >= 15 is 0 Å². The molecule has 0 aromatic rings. The van der Waals surface area contributed by atoms with Gasteiger partial charge < -0.3 is 15.2 Å². The van der Waals surface area contributed by atoms with Crippen LogP contribution in [0.3, 0.4) is 0 Å². The summed E-state index contributed by atoms with van der Waals surface area (Å²) >= 11 is 0. The Morgan fingerprint density at radius 3 is 2.36 bits per heavy atom. The van der Waals surface area contributed by atoms with E-state index in [9.17, 15) is 5.11 Å². The molecule has 0 aromatic carbocycles. The van der Waals surface area contributed by atoms with E-state index in [1.807, 2.05) is 13.8 Å². The Hall–Kier alpha value is -0.840. The van der Waals surface area contributed by atoms with Crippen LogP contribution >= 0.6 is 0 Å². The van der Waals surface area contributed by atoms with Crippen LogP contribution in [0.4, 0.5) is 0 Å². The number of nitrogens with one attached hydrogen (secondary N) is 1. The fraction of sp³-hybridized carbons (Fsp3) is 0.778. The largest absolute Gasteiger partial charge is 0.385 e. The van der Waals surface area contributed by atoms with Gasteiger partial charge in [0.1, 0.15) is 0 Å². The predicted molar refractivity (Wildman–Crippen MR) is 92.6 cm³/mol. The molecule has 0 aliphatic carbocycles. The first-order valence-corrected chi connectivity index (χ1v) is 8.52. The van der Waals surface area contributed by atoms with Gasteiger partial charge in [-0.15, -0.1) is 0 Å². The Labute approximate surface area is 136 Å². The molecule has 4 heteroatoms. The van der Waals surface area contributed by atoms with Crippen molar-refractivity contribution in [3.05, 3.63) is 24.0 Å². The molecule has 0 radical (unpaired) electrons. The molecule has 0 aromatic heterocycles. The van der Waals surface area contributed by atoms with E-state index in [1.54, 1.807) is 6.20 Å². The number of aliphatic hydroxyl groups is 1. The summed E-state index contributed by atoms with van der Waals surface area (Å²) in [6.45, 7) is 17.6. The summed E-state index contributed by atoms with van der Waals surface area (Å²) in [4.78, 5) is 2.39. The van der Waals surface area contributed by atoms with Crippen molar-refractivity contribution in [3.63, 3.8) is 0 Å². The molecule has 0 saturated carbocycles. The third kappa shape index (κ3) is 4.34. The predicted octanol–water partition coefficient (Wildman–Crippen LogP) is 2.90. The number of hydrogen-bond donors (Lipinski definition) is 2. The maximum Gasteiger partial charge on any atom is 0.0874 e. The summed E-state index contributed by atoms with van der Waals surface area (Å²) in [5.41, 5.74) is 1.27. The van der Waals surface area contributed by atoms with Crippen LogP contribution < -0.4 is 5.32 Å². The molecule has 1 aliphatic rings. The van der Waals surface area contributed by atoms with Gasteiger partial charge in [0.2, 0.25) is 0 Å². The highest BCUT2D eigenvalue weighted by atomic mass is 16.5. The van der Waals surface area contributed by atoms with E-state index in [0.29, 0.717) is 0 Å². The number of morpholine rings is 1. The van der Waals surface area contributed by atoms with Crippen LogP contribution in [0, 0.1) is 5.92 Å². The summed E-state index contributed by atoms with van der Waals surface area (Å²) in [6, 6.07) is 0.211. The van der Waals surface area contributed by atoms with Gasteiger partial charge >= 0.3 is 0 Å². The number of hydrogen-bond acceptors (Lipinski definition) is 4. The van der Waals surface area contributed by atoms with Crippen LogP contribution in [-0.4, -0.2) is 48.0 Å². The van der Waals surface area contributed by atoms with Crippen LogP contribution in [0.25, 0.3) is 0 Å². The van der Waals surface area contributed by atoms with E-state index in [4.69, 9.17) is 4.74 Å². The average Bonchev–Trinajstić information content (AvgIpc) is 2.53. The zero-order valence-corrected chi connectivity index (χ0v) is 15.0. The van der Waals surface area contributed by atoms with E-state index in [2.05, 4.69) is 37.6 Å². The van der Waals surface area contributed by atoms with Gasteiger partial charge in [0.25, 0.3) is 0 Å². The second kappa shape index (κ2) is 8.70. The third-order valence-electron chi connectivity index (χ3n) is 5.21. The van der Waals surface area contributed by atoms with Crippen LogP contribution in [0.15, 0.2) is 24.0 Å². The Morgan fingerprint density at radius 2 is 1.91 bits per heavy atom. The highest BCUT2D eigenvalue weighted by Gasteiger charge is 2.34. The van der Waals surface area contributed by atoms with Crippen molar-refractivity contribution < 1.29 is 9.84 Å². The molecule has 0 bridgehead atoms. The van der Waals surface area contributed by atoms with Crippen LogP contribution in [0.2, 0.25) is 0 Å². The fourth-order valence-electron chi connectivity index (χ4n) is 3.46. The first kappa shape index (κ1) is 19.2. The number of ether oxygens (including phenoxy) is 1.